The Hall–Kier alpha value is -2.11. The number of hydrogen-bond acceptors (Lipinski definition) is 3. The third-order valence-electron chi connectivity index (χ3n) is 2.23. The summed E-state index contributed by atoms with van der Waals surface area (Å²) in [6.45, 7) is 5.22. The van der Waals surface area contributed by atoms with Gasteiger partial charge in [0.05, 0.1) is 11.9 Å². The van der Waals surface area contributed by atoms with Gasteiger partial charge in [0, 0.05) is 19.3 Å². The number of hydrogen-bond donors (Lipinski definition) is 3. The molecule has 0 aromatic carbocycles. The minimum atomic E-state index is -0.435. The number of guanidine groups is 1. The van der Waals surface area contributed by atoms with Crippen molar-refractivity contribution >= 4 is 17.7 Å². The molecular weight excluding hydrogens is 218 g/mol. The second kappa shape index (κ2) is 6.47. The van der Waals surface area contributed by atoms with Gasteiger partial charge >= 0.3 is 6.03 Å². The predicted molar refractivity (Wildman–Crippen MR) is 67.0 cm³/mol. The fraction of sp³-hybridized carbons (Fsp3) is 0.364. The van der Waals surface area contributed by atoms with Gasteiger partial charge in [0.1, 0.15) is 0 Å². The van der Waals surface area contributed by atoms with Crippen LogP contribution in [0.1, 0.15) is 13.8 Å². The number of nitrogens with zero attached hydrogens (tertiary/aromatic N) is 2. The van der Waals surface area contributed by atoms with Gasteiger partial charge in [-0.15, -0.1) is 0 Å². The summed E-state index contributed by atoms with van der Waals surface area (Å²) in [7, 11) is 0. The number of amides is 2. The van der Waals surface area contributed by atoms with Crippen LogP contribution in [0.2, 0.25) is 0 Å². The van der Waals surface area contributed by atoms with E-state index in [1.165, 1.54) is 0 Å². The molecule has 92 valence electrons. The number of anilines is 1. The predicted octanol–water partition coefficient (Wildman–Crippen LogP) is 1.48. The molecule has 0 unspecified atom stereocenters. The maximum atomic E-state index is 11.5. The average Bonchev–Trinajstić information content (AvgIpc) is 2.31. The van der Waals surface area contributed by atoms with E-state index in [0.29, 0.717) is 18.8 Å². The fourth-order valence-electron chi connectivity index (χ4n) is 1.33. The number of pyridine rings is 1. The van der Waals surface area contributed by atoms with Crippen LogP contribution in [0, 0.1) is 5.41 Å². The van der Waals surface area contributed by atoms with Crippen molar-refractivity contribution < 1.29 is 4.79 Å². The Balaban J connectivity index is 2.47. The van der Waals surface area contributed by atoms with Gasteiger partial charge < -0.3 is 10.2 Å². The minimum Gasteiger partial charge on any atom is -0.343 e. The molecule has 6 heteroatoms. The molecule has 1 aromatic heterocycles. The van der Waals surface area contributed by atoms with Crippen LogP contribution in [0.15, 0.2) is 24.5 Å². The number of carbonyl (C=O) groups excluding carboxylic acids is 1. The van der Waals surface area contributed by atoms with E-state index in [0.717, 1.165) is 0 Å². The smallest absolute Gasteiger partial charge is 0.326 e. The monoisotopic (exact) mass is 235 g/mol. The number of rotatable bonds is 3. The zero-order valence-corrected chi connectivity index (χ0v) is 10.0. The standard InChI is InChI=1S/C11H17N5O/c1-3-16(4-2)10(12)15-11(17)14-9-6-5-7-13-8-9/h5-8H,3-4H2,1-2H3,(H3,12,14,15,17). The summed E-state index contributed by atoms with van der Waals surface area (Å²) >= 11 is 0. The van der Waals surface area contributed by atoms with Gasteiger partial charge in [0.15, 0.2) is 5.96 Å². The molecule has 0 bridgehead atoms. The molecule has 0 saturated heterocycles. The first-order chi connectivity index (χ1) is 8.17. The van der Waals surface area contributed by atoms with E-state index >= 15 is 0 Å². The molecule has 6 nitrogen and oxygen atoms in total. The van der Waals surface area contributed by atoms with Gasteiger partial charge in [-0.3, -0.25) is 15.7 Å². The Morgan fingerprint density at radius 1 is 1.47 bits per heavy atom. The molecule has 0 aliphatic carbocycles. The fourth-order valence-corrected chi connectivity index (χ4v) is 1.33. The molecule has 0 fully saturated rings. The van der Waals surface area contributed by atoms with Crippen molar-refractivity contribution in [2.45, 2.75) is 13.8 Å². The zero-order chi connectivity index (χ0) is 12.7. The first kappa shape index (κ1) is 13.0. The molecule has 0 atom stereocenters. The van der Waals surface area contributed by atoms with Gasteiger partial charge in [-0.05, 0) is 26.0 Å². The van der Waals surface area contributed by atoms with Crippen LogP contribution in [-0.4, -0.2) is 35.0 Å². The van der Waals surface area contributed by atoms with Gasteiger partial charge in [0.25, 0.3) is 0 Å². The highest BCUT2D eigenvalue weighted by Crippen LogP contribution is 2.01. The van der Waals surface area contributed by atoms with Gasteiger partial charge in [-0.2, -0.15) is 0 Å². The zero-order valence-electron chi connectivity index (χ0n) is 10.0. The minimum absolute atomic E-state index is 0.0939. The van der Waals surface area contributed by atoms with E-state index < -0.39 is 6.03 Å². The topological polar surface area (TPSA) is 81.1 Å². The number of urea groups is 1. The Kier molecular flexibility index (Phi) is 4.93. The molecule has 0 radical (unpaired) electrons. The third kappa shape index (κ3) is 4.10. The highest BCUT2D eigenvalue weighted by molar-refractivity contribution is 6.01. The van der Waals surface area contributed by atoms with E-state index in [-0.39, 0.29) is 5.96 Å². The summed E-state index contributed by atoms with van der Waals surface area (Å²) in [6.07, 6.45) is 3.17. The lowest BCUT2D eigenvalue weighted by atomic mass is 10.4. The van der Waals surface area contributed by atoms with Gasteiger partial charge in [-0.1, -0.05) is 0 Å². The first-order valence-corrected chi connectivity index (χ1v) is 5.48. The van der Waals surface area contributed by atoms with Crippen molar-refractivity contribution in [2.75, 3.05) is 18.4 Å². The summed E-state index contributed by atoms with van der Waals surface area (Å²) in [5.74, 6) is 0.0939. The molecule has 0 saturated carbocycles. The van der Waals surface area contributed by atoms with Crippen molar-refractivity contribution in [1.82, 2.24) is 15.2 Å². The highest BCUT2D eigenvalue weighted by atomic mass is 16.2. The highest BCUT2D eigenvalue weighted by Gasteiger charge is 2.09. The van der Waals surface area contributed by atoms with E-state index in [1.54, 1.807) is 29.4 Å². The molecular formula is C11H17N5O. The van der Waals surface area contributed by atoms with Crippen molar-refractivity contribution in [3.05, 3.63) is 24.5 Å². The van der Waals surface area contributed by atoms with E-state index in [4.69, 9.17) is 5.41 Å². The van der Waals surface area contributed by atoms with Crippen LogP contribution >= 0.6 is 0 Å². The van der Waals surface area contributed by atoms with E-state index in [2.05, 4.69) is 15.6 Å². The van der Waals surface area contributed by atoms with Crippen molar-refractivity contribution in [1.29, 1.82) is 5.41 Å². The summed E-state index contributed by atoms with van der Waals surface area (Å²) in [5.41, 5.74) is 0.595. The second-order valence-electron chi connectivity index (χ2n) is 3.34. The summed E-state index contributed by atoms with van der Waals surface area (Å²) in [5, 5.41) is 12.7. The number of aromatic nitrogens is 1. The molecule has 3 N–H and O–H groups in total. The number of carbonyl (C=O) groups is 1. The molecule has 0 aliphatic heterocycles. The molecule has 1 heterocycles. The quantitative estimate of drug-likeness (QED) is 0.548. The summed E-state index contributed by atoms with van der Waals surface area (Å²) in [4.78, 5) is 17.2. The van der Waals surface area contributed by atoms with Crippen molar-refractivity contribution in [3.8, 4) is 0 Å². The van der Waals surface area contributed by atoms with E-state index in [9.17, 15) is 4.79 Å². The Labute approximate surface area is 101 Å². The normalized spacial score (nSPS) is 9.53. The lowest BCUT2D eigenvalue weighted by Crippen LogP contribution is -2.44. The van der Waals surface area contributed by atoms with Crippen LogP contribution in [0.25, 0.3) is 0 Å². The maximum absolute atomic E-state index is 11.5. The molecule has 0 spiro atoms. The van der Waals surface area contributed by atoms with Crippen molar-refractivity contribution in [2.24, 2.45) is 0 Å². The van der Waals surface area contributed by atoms with Crippen LogP contribution in [0.3, 0.4) is 0 Å². The van der Waals surface area contributed by atoms with Crippen LogP contribution in [0.5, 0.6) is 0 Å². The largest absolute Gasteiger partial charge is 0.343 e. The molecule has 2 amide bonds. The Morgan fingerprint density at radius 2 is 2.18 bits per heavy atom. The maximum Gasteiger partial charge on any atom is 0.326 e. The lowest BCUT2D eigenvalue weighted by molar-refractivity contribution is 0.254. The molecule has 1 aromatic rings. The molecule has 1 rings (SSSR count). The van der Waals surface area contributed by atoms with E-state index in [1.807, 2.05) is 13.8 Å². The third-order valence-corrected chi connectivity index (χ3v) is 2.23. The van der Waals surface area contributed by atoms with Crippen LogP contribution in [-0.2, 0) is 0 Å². The number of nitrogens with one attached hydrogen (secondary N) is 3. The Morgan fingerprint density at radius 3 is 2.71 bits per heavy atom. The Bertz CT molecular complexity index is 375. The van der Waals surface area contributed by atoms with Crippen molar-refractivity contribution in [3.63, 3.8) is 0 Å². The van der Waals surface area contributed by atoms with Gasteiger partial charge in [-0.25, -0.2) is 4.79 Å². The lowest BCUT2D eigenvalue weighted by Gasteiger charge is -2.21. The van der Waals surface area contributed by atoms with Crippen LogP contribution < -0.4 is 10.6 Å². The first-order valence-electron chi connectivity index (χ1n) is 5.48. The molecule has 0 aliphatic rings. The second-order valence-corrected chi connectivity index (χ2v) is 3.34. The van der Waals surface area contributed by atoms with Crippen LogP contribution in [0.4, 0.5) is 10.5 Å². The summed E-state index contributed by atoms with van der Waals surface area (Å²) in [6, 6.07) is 3.02. The SMILES string of the molecule is CCN(CC)C(=N)NC(=O)Nc1cccnc1. The van der Waals surface area contributed by atoms with Gasteiger partial charge in [0.2, 0.25) is 0 Å². The summed E-state index contributed by atoms with van der Waals surface area (Å²) < 4.78 is 0. The molecule has 17 heavy (non-hydrogen) atoms. The average molecular weight is 235 g/mol.